The van der Waals surface area contributed by atoms with Crippen LogP contribution in [-0.4, -0.2) is 37.1 Å². The molecule has 0 saturated carbocycles. The summed E-state index contributed by atoms with van der Waals surface area (Å²) in [6.07, 6.45) is 0. The molecule has 1 heterocycles. The van der Waals surface area contributed by atoms with Gasteiger partial charge in [-0.1, -0.05) is 12.1 Å². The molecule has 1 aromatic heterocycles. The van der Waals surface area contributed by atoms with E-state index in [0.29, 0.717) is 35.4 Å². The van der Waals surface area contributed by atoms with Crippen LogP contribution in [0.2, 0.25) is 0 Å². The van der Waals surface area contributed by atoms with Crippen molar-refractivity contribution in [1.82, 2.24) is 10.2 Å². The molecule has 2 amide bonds. The van der Waals surface area contributed by atoms with Crippen LogP contribution in [0, 0.1) is 0 Å². The standard InChI is InChI=1S/C21H22N4O4/c1-4-29-20-12-10-17(24-25-20)14-5-7-15(8-6-14)22-21(26)23-16-9-11-18(27-2)19(13-16)28-3/h5-13H,4H2,1-3H3,(H2,22,23,26). The normalized spacial score (nSPS) is 10.2. The maximum absolute atomic E-state index is 12.3. The van der Waals surface area contributed by atoms with E-state index in [0.717, 1.165) is 11.3 Å². The van der Waals surface area contributed by atoms with Crippen molar-refractivity contribution in [3.8, 4) is 28.6 Å². The van der Waals surface area contributed by atoms with Crippen LogP contribution in [0.4, 0.5) is 16.2 Å². The van der Waals surface area contributed by atoms with E-state index in [9.17, 15) is 4.79 Å². The Bertz CT molecular complexity index is 959. The summed E-state index contributed by atoms with van der Waals surface area (Å²) in [5.41, 5.74) is 2.83. The van der Waals surface area contributed by atoms with Gasteiger partial charge in [-0.3, -0.25) is 0 Å². The lowest BCUT2D eigenvalue weighted by atomic mass is 10.1. The molecule has 0 aliphatic rings. The zero-order chi connectivity index (χ0) is 20.6. The number of hydrogen-bond donors (Lipinski definition) is 2. The number of amides is 2. The SMILES string of the molecule is CCOc1ccc(-c2ccc(NC(=O)Nc3ccc(OC)c(OC)c3)cc2)nn1. The van der Waals surface area contributed by atoms with Crippen LogP contribution in [0.5, 0.6) is 17.4 Å². The fourth-order valence-electron chi connectivity index (χ4n) is 2.63. The number of anilines is 2. The van der Waals surface area contributed by atoms with E-state index >= 15 is 0 Å². The summed E-state index contributed by atoms with van der Waals surface area (Å²) in [7, 11) is 3.10. The topological polar surface area (TPSA) is 94.6 Å². The molecule has 0 unspecified atom stereocenters. The summed E-state index contributed by atoms with van der Waals surface area (Å²) in [5, 5.41) is 13.7. The third-order valence-corrected chi connectivity index (χ3v) is 4.01. The first-order valence-electron chi connectivity index (χ1n) is 9.00. The van der Waals surface area contributed by atoms with E-state index in [1.165, 1.54) is 7.11 Å². The van der Waals surface area contributed by atoms with Crippen molar-refractivity contribution in [2.24, 2.45) is 0 Å². The molecule has 3 aromatic rings. The van der Waals surface area contributed by atoms with Crippen molar-refractivity contribution < 1.29 is 19.0 Å². The van der Waals surface area contributed by atoms with Crippen molar-refractivity contribution in [3.05, 3.63) is 54.6 Å². The number of urea groups is 1. The molecule has 2 N–H and O–H groups in total. The van der Waals surface area contributed by atoms with E-state index in [1.807, 2.05) is 25.1 Å². The van der Waals surface area contributed by atoms with Crippen LogP contribution in [0.1, 0.15) is 6.92 Å². The monoisotopic (exact) mass is 394 g/mol. The largest absolute Gasteiger partial charge is 0.493 e. The fourth-order valence-corrected chi connectivity index (χ4v) is 2.63. The minimum Gasteiger partial charge on any atom is -0.493 e. The van der Waals surface area contributed by atoms with Gasteiger partial charge < -0.3 is 24.8 Å². The Kier molecular flexibility index (Phi) is 6.47. The van der Waals surface area contributed by atoms with E-state index in [2.05, 4.69) is 20.8 Å². The second-order valence-electron chi connectivity index (χ2n) is 5.92. The molecule has 0 fully saturated rings. The highest BCUT2D eigenvalue weighted by atomic mass is 16.5. The van der Waals surface area contributed by atoms with Crippen molar-refractivity contribution in [3.63, 3.8) is 0 Å². The van der Waals surface area contributed by atoms with Gasteiger partial charge in [0.05, 0.1) is 26.5 Å². The number of nitrogens with one attached hydrogen (secondary N) is 2. The average molecular weight is 394 g/mol. The molecule has 8 nitrogen and oxygen atoms in total. The minimum atomic E-state index is -0.370. The molecule has 0 atom stereocenters. The molecule has 8 heteroatoms. The number of hydrogen-bond acceptors (Lipinski definition) is 6. The first kappa shape index (κ1) is 19.9. The van der Waals surface area contributed by atoms with E-state index < -0.39 is 0 Å². The van der Waals surface area contributed by atoms with Gasteiger partial charge in [-0.15, -0.1) is 10.2 Å². The second kappa shape index (κ2) is 9.41. The third-order valence-electron chi connectivity index (χ3n) is 4.01. The number of aromatic nitrogens is 2. The summed E-state index contributed by atoms with van der Waals surface area (Å²) in [5.74, 6) is 1.61. The Morgan fingerprint density at radius 1 is 0.862 bits per heavy atom. The predicted octanol–water partition coefficient (Wildman–Crippen LogP) is 4.20. The lowest BCUT2D eigenvalue weighted by Crippen LogP contribution is -2.19. The molecular weight excluding hydrogens is 372 g/mol. The first-order chi connectivity index (χ1) is 14.1. The molecule has 0 aliphatic heterocycles. The maximum atomic E-state index is 12.3. The maximum Gasteiger partial charge on any atom is 0.323 e. The minimum absolute atomic E-state index is 0.370. The number of benzene rings is 2. The third kappa shape index (κ3) is 5.13. The Hall–Kier alpha value is -3.81. The van der Waals surface area contributed by atoms with Gasteiger partial charge in [0, 0.05) is 29.1 Å². The van der Waals surface area contributed by atoms with Gasteiger partial charge in [0.15, 0.2) is 11.5 Å². The van der Waals surface area contributed by atoms with Crippen molar-refractivity contribution in [1.29, 1.82) is 0 Å². The van der Waals surface area contributed by atoms with Crippen LogP contribution >= 0.6 is 0 Å². The van der Waals surface area contributed by atoms with Gasteiger partial charge in [-0.2, -0.15) is 0 Å². The van der Waals surface area contributed by atoms with Crippen LogP contribution < -0.4 is 24.8 Å². The highest BCUT2D eigenvalue weighted by Crippen LogP contribution is 2.29. The highest BCUT2D eigenvalue weighted by Gasteiger charge is 2.08. The summed E-state index contributed by atoms with van der Waals surface area (Å²) in [4.78, 5) is 12.3. The van der Waals surface area contributed by atoms with Crippen LogP contribution in [-0.2, 0) is 0 Å². The summed E-state index contributed by atoms with van der Waals surface area (Å²) >= 11 is 0. The Balaban J connectivity index is 1.62. The quantitative estimate of drug-likeness (QED) is 0.624. The van der Waals surface area contributed by atoms with E-state index in [4.69, 9.17) is 14.2 Å². The molecule has 0 spiro atoms. The molecule has 150 valence electrons. The summed E-state index contributed by atoms with van der Waals surface area (Å²) < 4.78 is 15.7. The molecule has 0 saturated heterocycles. The van der Waals surface area contributed by atoms with Gasteiger partial charge >= 0.3 is 6.03 Å². The number of methoxy groups -OCH3 is 2. The number of carbonyl (C=O) groups is 1. The number of rotatable bonds is 7. The van der Waals surface area contributed by atoms with Crippen LogP contribution in [0.3, 0.4) is 0 Å². The molecule has 3 rings (SSSR count). The second-order valence-corrected chi connectivity index (χ2v) is 5.92. The molecule has 2 aromatic carbocycles. The summed E-state index contributed by atoms with van der Waals surface area (Å²) in [6, 6.07) is 15.7. The zero-order valence-corrected chi connectivity index (χ0v) is 16.4. The fraction of sp³-hybridized carbons (Fsp3) is 0.190. The number of nitrogens with zero attached hydrogens (tertiary/aromatic N) is 2. The van der Waals surface area contributed by atoms with Gasteiger partial charge in [0.25, 0.3) is 0 Å². The molecule has 0 radical (unpaired) electrons. The predicted molar refractivity (Wildman–Crippen MR) is 111 cm³/mol. The van der Waals surface area contributed by atoms with Gasteiger partial charge in [-0.25, -0.2) is 4.79 Å². The smallest absolute Gasteiger partial charge is 0.323 e. The summed E-state index contributed by atoms with van der Waals surface area (Å²) in [6.45, 7) is 2.43. The molecule has 0 bridgehead atoms. The van der Waals surface area contributed by atoms with E-state index in [1.54, 1.807) is 43.5 Å². The van der Waals surface area contributed by atoms with Crippen molar-refractivity contribution in [2.75, 3.05) is 31.5 Å². The molecule has 0 aliphatic carbocycles. The Morgan fingerprint density at radius 2 is 1.55 bits per heavy atom. The zero-order valence-electron chi connectivity index (χ0n) is 16.4. The number of ether oxygens (including phenoxy) is 3. The van der Waals surface area contributed by atoms with Crippen LogP contribution in [0.25, 0.3) is 11.3 Å². The molecular formula is C21H22N4O4. The lowest BCUT2D eigenvalue weighted by molar-refractivity contribution is 0.262. The van der Waals surface area contributed by atoms with Crippen LogP contribution in [0.15, 0.2) is 54.6 Å². The number of carbonyl (C=O) groups excluding carboxylic acids is 1. The highest BCUT2D eigenvalue weighted by molar-refractivity contribution is 6.00. The molecule has 29 heavy (non-hydrogen) atoms. The van der Waals surface area contributed by atoms with Crippen molar-refractivity contribution in [2.45, 2.75) is 6.92 Å². The lowest BCUT2D eigenvalue weighted by Gasteiger charge is -2.11. The Morgan fingerprint density at radius 3 is 2.17 bits per heavy atom. The van der Waals surface area contributed by atoms with E-state index in [-0.39, 0.29) is 6.03 Å². The van der Waals surface area contributed by atoms with Crippen molar-refractivity contribution >= 4 is 17.4 Å². The van der Waals surface area contributed by atoms with Gasteiger partial charge in [0.2, 0.25) is 5.88 Å². The Labute approximate surface area is 168 Å². The van der Waals surface area contributed by atoms with Gasteiger partial charge in [0.1, 0.15) is 0 Å². The first-order valence-corrected chi connectivity index (χ1v) is 9.00. The average Bonchev–Trinajstić information content (AvgIpc) is 2.75. The van der Waals surface area contributed by atoms with Gasteiger partial charge in [-0.05, 0) is 37.3 Å².